The molecule has 0 aliphatic rings. The minimum Gasteiger partial charge on any atom is -0.239 e. The Balaban J connectivity index is 2.90. The molecule has 0 aromatic carbocycles. The molecule has 0 bridgehead atoms. The number of hydrogen-bond donors (Lipinski definition) is 0. The fourth-order valence-corrected chi connectivity index (χ4v) is 1.43. The van der Waals surface area contributed by atoms with Crippen LogP contribution in [0.15, 0.2) is 6.07 Å². The van der Waals surface area contributed by atoms with Crippen molar-refractivity contribution in [1.29, 1.82) is 0 Å². The van der Waals surface area contributed by atoms with Gasteiger partial charge >= 0.3 is 0 Å². The van der Waals surface area contributed by atoms with E-state index in [1.54, 1.807) is 0 Å². The van der Waals surface area contributed by atoms with Crippen molar-refractivity contribution in [2.45, 2.75) is 41.0 Å². The second-order valence-electron chi connectivity index (χ2n) is 4.79. The Morgan fingerprint density at radius 3 is 2.23 bits per heavy atom. The molecule has 0 atom stereocenters. The highest BCUT2D eigenvalue weighted by molar-refractivity contribution is 5.10. The van der Waals surface area contributed by atoms with Crippen LogP contribution in [-0.4, -0.2) is 9.97 Å². The van der Waals surface area contributed by atoms with Crippen molar-refractivity contribution in [3.05, 3.63) is 23.3 Å². The summed E-state index contributed by atoms with van der Waals surface area (Å²) in [6.45, 7) is 10.6. The van der Waals surface area contributed by atoms with Gasteiger partial charge in [-0.15, -0.1) is 0 Å². The first-order valence-electron chi connectivity index (χ1n) is 4.68. The van der Waals surface area contributed by atoms with Gasteiger partial charge in [0, 0.05) is 11.4 Å². The second kappa shape index (κ2) is 3.44. The lowest BCUT2D eigenvalue weighted by atomic mass is 9.90. The number of nitrogens with zero attached hydrogens (tertiary/aromatic N) is 2. The van der Waals surface area contributed by atoms with Crippen molar-refractivity contribution in [3.8, 4) is 0 Å². The molecule has 1 heterocycles. The first-order chi connectivity index (χ1) is 5.87. The lowest BCUT2D eigenvalue weighted by Gasteiger charge is -2.17. The van der Waals surface area contributed by atoms with Crippen molar-refractivity contribution >= 4 is 0 Å². The molecule has 0 aliphatic carbocycles. The molecule has 0 saturated carbocycles. The SMILES string of the molecule is Cc1cc(CC(C)(C)C)nc(C)n1. The summed E-state index contributed by atoms with van der Waals surface area (Å²) in [5, 5.41) is 0. The van der Waals surface area contributed by atoms with Gasteiger partial charge in [0.05, 0.1) is 0 Å². The third kappa shape index (κ3) is 3.53. The predicted molar refractivity (Wildman–Crippen MR) is 54.7 cm³/mol. The van der Waals surface area contributed by atoms with Gasteiger partial charge in [-0.25, -0.2) is 9.97 Å². The molecule has 2 nitrogen and oxygen atoms in total. The van der Waals surface area contributed by atoms with E-state index in [4.69, 9.17) is 0 Å². The second-order valence-corrected chi connectivity index (χ2v) is 4.79. The van der Waals surface area contributed by atoms with Crippen LogP contribution in [-0.2, 0) is 6.42 Å². The van der Waals surface area contributed by atoms with E-state index in [1.807, 2.05) is 13.8 Å². The third-order valence-corrected chi connectivity index (χ3v) is 1.73. The summed E-state index contributed by atoms with van der Waals surface area (Å²) in [5.41, 5.74) is 2.51. The average Bonchev–Trinajstić information content (AvgIpc) is 1.78. The molecule has 0 spiro atoms. The topological polar surface area (TPSA) is 25.8 Å². The van der Waals surface area contributed by atoms with Gasteiger partial charge in [0.15, 0.2) is 0 Å². The number of aromatic nitrogens is 2. The summed E-state index contributed by atoms with van der Waals surface area (Å²) < 4.78 is 0. The standard InChI is InChI=1S/C11H18N2/c1-8-6-10(7-11(3,4)5)13-9(2)12-8/h6H,7H2,1-5H3. The normalized spacial score (nSPS) is 11.8. The maximum atomic E-state index is 4.41. The molecule has 0 N–H and O–H groups in total. The summed E-state index contributed by atoms with van der Waals surface area (Å²) in [5.74, 6) is 0.874. The Morgan fingerprint density at radius 1 is 1.15 bits per heavy atom. The molecule has 1 aromatic heterocycles. The summed E-state index contributed by atoms with van der Waals surface area (Å²) in [6.07, 6.45) is 1.01. The van der Waals surface area contributed by atoms with E-state index in [9.17, 15) is 0 Å². The predicted octanol–water partition coefficient (Wildman–Crippen LogP) is 2.68. The molecule has 0 radical (unpaired) electrons. The molecule has 72 valence electrons. The van der Waals surface area contributed by atoms with Gasteiger partial charge in [0.25, 0.3) is 0 Å². The van der Waals surface area contributed by atoms with Crippen LogP contribution in [0.25, 0.3) is 0 Å². The van der Waals surface area contributed by atoms with Crippen molar-refractivity contribution in [3.63, 3.8) is 0 Å². The van der Waals surface area contributed by atoms with Gasteiger partial charge in [-0.2, -0.15) is 0 Å². The Kier molecular flexibility index (Phi) is 2.69. The maximum absolute atomic E-state index is 4.41. The number of hydrogen-bond acceptors (Lipinski definition) is 2. The quantitative estimate of drug-likeness (QED) is 0.660. The van der Waals surface area contributed by atoms with Crippen molar-refractivity contribution in [2.75, 3.05) is 0 Å². The summed E-state index contributed by atoms with van der Waals surface area (Å²) in [7, 11) is 0. The molecule has 1 rings (SSSR count). The van der Waals surface area contributed by atoms with Crippen LogP contribution in [0.1, 0.15) is 38.0 Å². The molecule has 0 amide bonds. The summed E-state index contributed by atoms with van der Waals surface area (Å²) in [4.78, 5) is 8.66. The summed E-state index contributed by atoms with van der Waals surface area (Å²) >= 11 is 0. The van der Waals surface area contributed by atoms with E-state index >= 15 is 0 Å². The first-order valence-corrected chi connectivity index (χ1v) is 4.68. The van der Waals surface area contributed by atoms with Gasteiger partial charge < -0.3 is 0 Å². The van der Waals surface area contributed by atoms with E-state index in [0.29, 0.717) is 5.41 Å². The first kappa shape index (κ1) is 10.2. The molecule has 1 aromatic rings. The van der Waals surface area contributed by atoms with Crippen LogP contribution in [0.2, 0.25) is 0 Å². The van der Waals surface area contributed by atoms with Crippen LogP contribution in [0.4, 0.5) is 0 Å². The third-order valence-electron chi connectivity index (χ3n) is 1.73. The molecular weight excluding hydrogens is 160 g/mol. The van der Waals surface area contributed by atoms with Gasteiger partial charge in [-0.05, 0) is 31.7 Å². The lowest BCUT2D eigenvalue weighted by molar-refractivity contribution is 0.405. The highest BCUT2D eigenvalue weighted by Gasteiger charge is 2.12. The zero-order valence-corrected chi connectivity index (χ0v) is 9.18. The number of rotatable bonds is 1. The van der Waals surface area contributed by atoms with Crippen LogP contribution in [0.5, 0.6) is 0 Å². The van der Waals surface area contributed by atoms with Crippen molar-refractivity contribution in [1.82, 2.24) is 9.97 Å². The Labute approximate surface area is 80.4 Å². The monoisotopic (exact) mass is 178 g/mol. The smallest absolute Gasteiger partial charge is 0.125 e. The maximum Gasteiger partial charge on any atom is 0.125 e. The van der Waals surface area contributed by atoms with E-state index < -0.39 is 0 Å². The average molecular weight is 178 g/mol. The fraction of sp³-hybridized carbons (Fsp3) is 0.636. The van der Waals surface area contributed by atoms with Gasteiger partial charge in [0.2, 0.25) is 0 Å². The van der Waals surface area contributed by atoms with Crippen LogP contribution < -0.4 is 0 Å². The molecule has 2 heteroatoms. The molecule has 0 aliphatic heterocycles. The largest absolute Gasteiger partial charge is 0.239 e. The zero-order valence-electron chi connectivity index (χ0n) is 9.18. The minimum atomic E-state index is 0.299. The van der Waals surface area contributed by atoms with Crippen molar-refractivity contribution in [2.24, 2.45) is 5.41 Å². The van der Waals surface area contributed by atoms with E-state index in [2.05, 4.69) is 36.8 Å². The number of aryl methyl sites for hydroxylation is 2. The van der Waals surface area contributed by atoms with Gasteiger partial charge in [-0.1, -0.05) is 20.8 Å². The molecule has 0 saturated heterocycles. The van der Waals surface area contributed by atoms with Crippen molar-refractivity contribution < 1.29 is 0 Å². The van der Waals surface area contributed by atoms with E-state index in [0.717, 1.165) is 23.6 Å². The summed E-state index contributed by atoms with van der Waals surface area (Å²) in [6, 6.07) is 2.07. The Morgan fingerprint density at radius 2 is 1.77 bits per heavy atom. The van der Waals surface area contributed by atoms with Crippen LogP contribution in [0, 0.1) is 19.3 Å². The molecule has 0 fully saturated rings. The van der Waals surface area contributed by atoms with Crippen LogP contribution >= 0.6 is 0 Å². The highest BCUT2D eigenvalue weighted by Crippen LogP contribution is 2.19. The van der Waals surface area contributed by atoms with Gasteiger partial charge in [0.1, 0.15) is 5.82 Å². The molecule has 13 heavy (non-hydrogen) atoms. The fourth-order valence-electron chi connectivity index (χ4n) is 1.43. The minimum absolute atomic E-state index is 0.299. The lowest BCUT2D eigenvalue weighted by Crippen LogP contribution is -2.11. The highest BCUT2D eigenvalue weighted by atomic mass is 14.9. The van der Waals surface area contributed by atoms with Gasteiger partial charge in [-0.3, -0.25) is 0 Å². The van der Waals surface area contributed by atoms with Crippen LogP contribution in [0.3, 0.4) is 0 Å². The zero-order chi connectivity index (χ0) is 10.1. The Hall–Kier alpha value is -0.920. The van der Waals surface area contributed by atoms with E-state index in [1.165, 1.54) is 0 Å². The molecule has 0 unspecified atom stereocenters. The Bertz CT molecular complexity index is 277. The molecular formula is C11H18N2. The van der Waals surface area contributed by atoms with E-state index in [-0.39, 0.29) is 0 Å².